The van der Waals surface area contributed by atoms with Crippen molar-refractivity contribution in [1.29, 1.82) is 0 Å². The van der Waals surface area contributed by atoms with E-state index in [1.54, 1.807) is 0 Å². The number of benzene rings is 1. The third-order valence-corrected chi connectivity index (χ3v) is 3.67. The van der Waals surface area contributed by atoms with Gasteiger partial charge in [0, 0.05) is 6.17 Å². The minimum absolute atomic E-state index is 0.673. The molecule has 0 spiro atoms. The lowest BCUT2D eigenvalue weighted by molar-refractivity contribution is 1.17. The van der Waals surface area contributed by atoms with Crippen LogP contribution in [-0.4, -0.2) is 22.2 Å². The van der Waals surface area contributed by atoms with Gasteiger partial charge in [-0.3, -0.25) is 0 Å². The molecule has 3 heteroatoms. The number of hydrogen-bond donors (Lipinski definition) is 2. The molecule has 1 aromatic carbocycles. The van der Waals surface area contributed by atoms with Crippen molar-refractivity contribution in [3.05, 3.63) is 30.3 Å². The van der Waals surface area contributed by atoms with Crippen LogP contribution in [0.5, 0.6) is 0 Å². The van der Waals surface area contributed by atoms with E-state index >= 15 is 0 Å². The van der Waals surface area contributed by atoms with Crippen LogP contribution in [0.4, 0.5) is 0 Å². The fourth-order valence-corrected chi connectivity index (χ4v) is 2.33. The van der Waals surface area contributed by atoms with E-state index in [4.69, 9.17) is 5.73 Å². The summed E-state index contributed by atoms with van der Waals surface area (Å²) in [5, 5.41) is 1.35. The highest BCUT2D eigenvalue weighted by atomic mass is 28.3. The topological polar surface area (TPSA) is 38.0 Å². The Bertz CT molecular complexity index is 197. The first-order chi connectivity index (χ1) is 5.38. The molecule has 59 valence electrons. The molecule has 3 N–H and O–H groups in total. The van der Waals surface area contributed by atoms with E-state index in [2.05, 4.69) is 17.1 Å². The summed E-state index contributed by atoms with van der Waals surface area (Å²) in [4.78, 5) is 3.24. The van der Waals surface area contributed by atoms with E-state index < -0.39 is 8.96 Å². The first-order valence-corrected chi connectivity index (χ1v) is 5.38. The van der Waals surface area contributed by atoms with Crippen LogP contribution in [0, 0.1) is 0 Å². The first-order valence-electron chi connectivity index (χ1n) is 3.67. The highest BCUT2D eigenvalue weighted by Gasteiger charge is 2.07. The lowest BCUT2D eigenvalue weighted by Gasteiger charge is -2.09. The number of nitrogens with two attached hydrogens (primary N) is 1. The van der Waals surface area contributed by atoms with Crippen LogP contribution < -0.4 is 15.9 Å². The normalized spacial score (nSPS) is 10.5. The third kappa shape index (κ3) is 2.15. The van der Waals surface area contributed by atoms with Gasteiger partial charge in [0.05, 0.1) is 0 Å². The number of hydrogen-bond acceptors (Lipinski definition) is 2. The van der Waals surface area contributed by atoms with Crippen molar-refractivity contribution in [3.8, 4) is 0 Å². The molecule has 0 saturated carbocycles. The SMILES string of the molecule is CN[Si](CN)c1ccccc1. The van der Waals surface area contributed by atoms with Gasteiger partial charge in [-0.25, -0.2) is 0 Å². The molecule has 0 heterocycles. The van der Waals surface area contributed by atoms with Crippen LogP contribution in [-0.2, 0) is 0 Å². The predicted octanol–water partition coefficient (Wildman–Crippen LogP) is -0.398. The summed E-state index contributed by atoms with van der Waals surface area (Å²) in [6.45, 7) is 0. The molecule has 0 aromatic heterocycles. The van der Waals surface area contributed by atoms with Crippen molar-refractivity contribution < 1.29 is 0 Å². The molecule has 1 rings (SSSR count). The van der Waals surface area contributed by atoms with Crippen molar-refractivity contribution in [2.24, 2.45) is 5.73 Å². The molecule has 0 atom stereocenters. The third-order valence-electron chi connectivity index (χ3n) is 1.63. The molecular weight excluding hydrogens is 152 g/mol. The minimum Gasteiger partial charge on any atom is -0.336 e. The van der Waals surface area contributed by atoms with Gasteiger partial charge in [0.1, 0.15) is 0 Å². The van der Waals surface area contributed by atoms with E-state index in [0.717, 1.165) is 6.17 Å². The van der Waals surface area contributed by atoms with Gasteiger partial charge in [0.25, 0.3) is 0 Å². The lowest BCUT2D eigenvalue weighted by Crippen LogP contribution is -2.48. The smallest absolute Gasteiger partial charge is 0.184 e. The van der Waals surface area contributed by atoms with Crippen LogP contribution >= 0.6 is 0 Å². The zero-order valence-electron chi connectivity index (χ0n) is 6.67. The second-order valence-corrected chi connectivity index (χ2v) is 4.74. The summed E-state index contributed by atoms with van der Waals surface area (Å²) in [7, 11) is 1.29. The highest BCUT2D eigenvalue weighted by molar-refractivity contribution is 6.70. The molecule has 0 aliphatic heterocycles. The standard InChI is InChI=1S/C8H13N2Si/c1-10-11(7-9)8-5-3-2-4-6-8/h2-6,10H,7,9H2,1H3. The fraction of sp³-hybridized carbons (Fsp3) is 0.250. The summed E-state index contributed by atoms with van der Waals surface area (Å²) < 4.78 is 0. The van der Waals surface area contributed by atoms with E-state index in [9.17, 15) is 0 Å². The molecule has 0 fully saturated rings. The second kappa shape index (κ2) is 4.28. The average Bonchev–Trinajstić information content (AvgIpc) is 2.09. The highest BCUT2D eigenvalue weighted by Crippen LogP contribution is 1.83. The van der Waals surface area contributed by atoms with Crippen molar-refractivity contribution in [2.75, 3.05) is 13.2 Å². The Hall–Kier alpha value is -0.643. The maximum atomic E-state index is 5.60. The van der Waals surface area contributed by atoms with Crippen molar-refractivity contribution in [1.82, 2.24) is 4.98 Å². The molecular formula is C8H13N2Si. The van der Waals surface area contributed by atoms with Gasteiger partial charge in [0.2, 0.25) is 0 Å². The Morgan fingerprint density at radius 2 is 2.00 bits per heavy atom. The monoisotopic (exact) mass is 165 g/mol. The molecule has 1 radical (unpaired) electrons. The maximum Gasteiger partial charge on any atom is 0.184 e. The molecule has 11 heavy (non-hydrogen) atoms. The van der Waals surface area contributed by atoms with Crippen molar-refractivity contribution >= 4 is 14.1 Å². The molecule has 1 aromatic rings. The summed E-state index contributed by atoms with van der Waals surface area (Å²) in [6.07, 6.45) is 0.741. The van der Waals surface area contributed by atoms with E-state index in [1.807, 2.05) is 25.2 Å². The van der Waals surface area contributed by atoms with Gasteiger partial charge in [-0.15, -0.1) is 0 Å². The summed E-state index contributed by atoms with van der Waals surface area (Å²) >= 11 is 0. The van der Waals surface area contributed by atoms with Gasteiger partial charge in [-0.05, 0) is 12.2 Å². The Morgan fingerprint density at radius 3 is 2.45 bits per heavy atom. The van der Waals surface area contributed by atoms with Crippen LogP contribution in [0.2, 0.25) is 0 Å². The molecule has 0 aliphatic carbocycles. The molecule has 0 amide bonds. The molecule has 0 aliphatic rings. The van der Waals surface area contributed by atoms with Crippen LogP contribution in [0.15, 0.2) is 30.3 Å². The first kappa shape index (κ1) is 8.45. The van der Waals surface area contributed by atoms with Crippen LogP contribution in [0.1, 0.15) is 0 Å². The molecule has 0 saturated heterocycles. The predicted molar refractivity (Wildman–Crippen MR) is 49.9 cm³/mol. The Labute approximate surface area is 69.1 Å². The maximum absolute atomic E-state index is 5.60. The van der Waals surface area contributed by atoms with Gasteiger partial charge >= 0.3 is 0 Å². The van der Waals surface area contributed by atoms with E-state index in [-0.39, 0.29) is 0 Å². The van der Waals surface area contributed by atoms with Crippen molar-refractivity contribution in [2.45, 2.75) is 0 Å². The van der Waals surface area contributed by atoms with E-state index in [0.29, 0.717) is 0 Å². The van der Waals surface area contributed by atoms with Gasteiger partial charge in [-0.1, -0.05) is 30.3 Å². The van der Waals surface area contributed by atoms with Gasteiger partial charge in [0.15, 0.2) is 8.96 Å². The van der Waals surface area contributed by atoms with Gasteiger partial charge < -0.3 is 10.7 Å². The zero-order valence-corrected chi connectivity index (χ0v) is 7.67. The van der Waals surface area contributed by atoms with E-state index in [1.165, 1.54) is 5.19 Å². The largest absolute Gasteiger partial charge is 0.336 e. The minimum atomic E-state index is -0.673. The Balaban J connectivity index is 2.74. The molecule has 0 bridgehead atoms. The van der Waals surface area contributed by atoms with Gasteiger partial charge in [-0.2, -0.15) is 0 Å². The second-order valence-electron chi connectivity index (χ2n) is 2.30. The summed E-state index contributed by atoms with van der Waals surface area (Å²) in [5.74, 6) is 0. The Morgan fingerprint density at radius 1 is 1.36 bits per heavy atom. The van der Waals surface area contributed by atoms with Crippen LogP contribution in [0.3, 0.4) is 0 Å². The summed E-state index contributed by atoms with van der Waals surface area (Å²) in [5.41, 5.74) is 5.60. The van der Waals surface area contributed by atoms with Crippen molar-refractivity contribution in [3.63, 3.8) is 0 Å². The molecule has 0 unspecified atom stereocenters. The average molecular weight is 165 g/mol. The quantitative estimate of drug-likeness (QED) is 0.598. The number of nitrogens with one attached hydrogen (secondary N) is 1. The lowest BCUT2D eigenvalue weighted by atomic mass is 10.4. The Kier molecular flexibility index (Phi) is 3.29. The van der Waals surface area contributed by atoms with Crippen LogP contribution in [0.25, 0.3) is 0 Å². The number of rotatable bonds is 3. The molecule has 2 nitrogen and oxygen atoms in total. The fourth-order valence-electron chi connectivity index (χ4n) is 1.00. The zero-order chi connectivity index (χ0) is 8.10. The summed E-state index contributed by atoms with van der Waals surface area (Å²) in [6, 6.07) is 10.4.